The topological polar surface area (TPSA) is 37.3 Å². The Balaban J connectivity index is 1.49. The standard InChI is InChI=1S/C28H48O2/c1-6-19(18(2)3)10-13-25(29)24-12-11-21-20-17-26(30)23-9-7-8-15-27(23,4)22(20)14-16-28(21,24)5/h18-25,29H,6-17H2,1-5H3/t19-,20+,21+,22+,23-,24-,25-,27-,28+/m1/s1. The molecule has 2 heteroatoms. The molecule has 4 rings (SSSR count). The number of aliphatic hydroxyl groups is 1. The van der Waals surface area contributed by atoms with Crippen molar-refractivity contribution < 1.29 is 9.90 Å². The van der Waals surface area contributed by atoms with Gasteiger partial charge in [-0.05, 0) is 97.7 Å². The average molecular weight is 417 g/mol. The van der Waals surface area contributed by atoms with E-state index in [1.807, 2.05) is 0 Å². The van der Waals surface area contributed by atoms with Gasteiger partial charge in [-0.25, -0.2) is 0 Å². The van der Waals surface area contributed by atoms with Crippen molar-refractivity contribution in [1.29, 1.82) is 0 Å². The molecule has 30 heavy (non-hydrogen) atoms. The highest BCUT2D eigenvalue weighted by Crippen LogP contribution is 2.67. The zero-order chi connectivity index (χ0) is 21.7. The first-order valence-corrected chi connectivity index (χ1v) is 13.4. The van der Waals surface area contributed by atoms with E-state index in [0.29, 0.717) is 35.4 Å². The lowest BCUT2D eigenvalue weighted by Gasteiger charge is -2.60. The number of carbonyl (C=O) groups is 1. The van der Waals surface area contributed by atoms with Crippen LogP contribution in [0, 0.1) is 52.3 Å². The minimum Gasteiger partial charge on any atom is -0.393 e. The third kappa shape index (κ3) is 3.61. The van der Waals surface area contributed by atoms with Gasteiger partial charge in [0.2, 0.25) is 0 Å². The predicted molar refractivity (Wildman–Crippen MR) is 124 cm³/mol. The monoisotopic (exact) mass is 416 g/mol. The molecule has 0 saturated heterocycles. The van der Waals surface area contributed by atoms with Gasteiger partial charge in [0.25, 0.3) is 0 Å². The summed E-state index contributed by atoms with van der Waals surface area (Å²) in [5, 5.41) is 11.3. The fourth-order valence-corrected chi connectivity index (χ4v) is 9.36. The molecule has 0 aromatic heterocycles. The number of aliphatic hydroxyl groups excluding tert-OH is 1. The van der Waals surface area contributed by atoms with E-state index < -0.39 is 0 Å². The summed E-state index contributed by atoms with van der Waals surface area (Å²) in [7, 11) is 0. The molecule has 0 unspecified atom stereocenters. The lowest BCUT2D eigenvalue weighted by atomic mass is 9.44. The third-order valence-corrected chi connectivity index (χ3v) is 11.2. The highest BCUT2D eigenvalue weighted by molar-refractivity contribution is 5.83. The van der Waals surface area contributed by atoms with Crippen molar-refractivity contribution in [2.24, 2.45) is 52.3 Å². The molecule has 0 aliphatic heterocycles. The van der Waals surface area contributed by atoms with Crippen molar-refractivity contribution in [3.05, 3.63) is 0 Å². The van der Waals surface area contributed by atoms with Crippen LogP contribution in [0.15, 0.2) is 0 Å². The van der Waals surface area contributed by atoms with Crippen molar-refractivity contribution in [2.45, 2.75) is 118 Å². The molecule has 0 bridgehead atoms. The first-order chi connectivity index (χ1) is 14.2. The van der Waals surface area contributed by atoms with Gasteiger partial charge in [0.1, 0.15) is 5.78 Å². The lowest BCUT2D eigenvalue weighted by Crippen LogP contribution is -2.56. The summed E-state index contributed by atoms with van der Waals surface area (Å²) in [5.74, 6) is 4.83. The molecule has 4 aliphatic rings. The van der Waals surface area contributed by atoms with Gasteiger partial charge in [-0.1, -0.05) is 53.9 Å². The molecular weight excluding hydrogens is 368 g/mol. The molecule has 0 spiro atoms. The van der Waals surface area contributed by atoms with Crippen LogP contribution in [0.1, 0.15) is 112 Å². The summed E-state index contributed by atoms with van der Waals surface area (Å²) >= 11 is 0. The van der Waals surface area contributed by atoms with Crippen LogP contribution >= 0.6 is 0 Å². The summed E-state index contributed by atoms with van der Waals surface area (Å²) < 4.78 is 0. The van der Waals surface area contributed by atoms with Crippen molar-refractivity contribution in [3.8, 4) is 0 Å². The number of Topliss-reactive ketones (excluding diaryl/α,β-unsaturated/α-hetero) is 1. The largest absolute Gasteiger partial charge is 0.393 e. The van der Waals surface area contributed by atoms with E-state index in [1.165, 1.54) is 51.4 Å². The fourth-order valence-electron chi connectivity index (χ4n) is 9.36. The van der Waals surface area contributed by atoms with Gasteiger partial charge in [0.15, 0.2) is 0 Å². The number of hydrogen-bond acceptors (Lipinski definition) is 2. The summed E-state index contributed by atoms with van der Waals surface area (Å²) in [6.07, 6.45) is 14.0. The number of fused-ring (bicyclic) bond motifs is 5. The molecule has 0 aromatic rings. The van der Waals surface area contributed by atoms with Crippen LogP contribution in [0.3, 0.4) is 0 Å². The molecule has 0 radical (unpaired) electrons. The molecule has 2 nitrogen and oxygen atoms in total. The van der Waals surface area contributed by atoms with Crippen LogP contribution < -0.4 is 0 Å². The Morgan fingerprint density at radius 3 is 2.40 bits per heavy atom. The highest BCUT2D eigenvalue weighted by atomic mass is 16.3. The van der Waals surface area contributed by atoms with Crippen molar-refractivity contribution in [1.82, 2.24) is 0 Å². The van der Waals surface area contributed by atoms with Gasteiger partial charge in [-0.2, -0.15) is 0 Å². The smallest absolute Gasteiger partial charge is 0.136 e. The number of hydrogen-bond donors (Lipinski definition) is 1. The summed E-state index contributed by atoms with van der Waals surface area (Å²) in [6.45, 7) is 11.9. The molecule has 9 atom stereocenters. The summed E-state index contributed by atoms with van der Waals surface area (Å²) in [4.78, 5) is 13.2. The Hall–Kier alpha value is -0.370. The molecule has 1 N–H and O–H groups in total. The van der Waals surface area contributed by atoms with E-state index in [4.69, 9.17) is 0 Å². The van der Waals surface area contributed by atoms with Crippen LogP contribution in [0.25, 0.3) is 0 Å². The molecule has 4 saturated carbocycles. The molecule has 172 valence electrons. The second kappa shape index (κ2) is 8.53. The Labute approximate surface area is 186 Å². The van der Waals surface area contributed by atoms with Crippen molar-refractivity contribution in [3.63, 3.8) is 0 Å². The zero-order valence-corrected chi connectivity index (χ0v) is 20.5. The van der Waals surface area contributed by atoms with Gasteiger partial charge in [0.05, 0.1) is 6.10 Å². The number of rotatable bonds is 6. The van der Waals surface area contributed by atoms with E-state index in [-0.39, 0.29) is 16.9 Å². The Kier molecular flexibility index (Phi) is 6.48. The van der Waals surface area contributed by atoms with E-state index >= 15 is 0 Å². The normalized spacial score (nSPS) is 45.6. The Morgan fingerprint density at radius 1 is 0.967 bits per heavy atom. The molecule has 0 amide bonds. The quantitative estimate of drug-likeness (QED) is 0.504. The second-order valence-corrected chi connectivity index (χ2v) is 12.6. The first kappa shape index (κ1) is 22.8. The summed E-state index contributed by atoms with van der Waals surface area (Å²) in [6, 6.07) is 0. The van der Waals surface area contributed by atoms with Crippen LogP contribution in [0.5, 0.6) is 0 Å². The number of carbonyl (C=O) groups excluding carboxylic acids is 1. The van der Waals surface area contributed by atoms with E-state index in [9.17, 15) is 9.90 Å². The zero-order valence-electron chi connectivity index (χ0n) is 20.5. The first-order valence-electron chi connectivity index (χ1n) is 13.4. The summed E-state index contributed by atoms with van der Waals surface area (Å²) in [5.41, 5.74) is 0.514. The van der Waals surface area contributed by atoms with Crippen LogP contribution in [-0.4, -0.2) is 17.0 Å². The minimum atomic E-state index is -0.151. The minimum absolute atomic E-state index is 0.151. The van der Waals surface area contributed by atoms with Crippen LogP contribution in [0.4, 0.5) is 0 Å². The molecule has 0 heterocycles. The van der Waals surface area contributed by atoms with Crippen LogP contribution in [-0.2, 0) is 4.79 Å². The van der Waals surface area contributed by atoms with Gasteiger partial charge in [-0.15, -0.1) is 0 Å². The number of ketones is 1. The van der Waals surface area contributed by atoms with E-state index in [1.54, 1.807) is 0 Å². The highest BCUT2D eigenvalue weighted by Gasteiger charge is 2.62. The maximum atomic E-state index is 13.2. The molecule has 0 aromatic carbocycles. The average Bonchev–Trinajstić information content (AvgIpc) is 3.05. The van der Waals surface area contributed by atoms with E-state index in [2.05, 4.69) is 34.6 Å². The SMILES string of the molecule is CC[C@H](CC[C@@H](O)[C@H]1CC[C@H]2[C@@H]3CC(=O)[C@H]4CCCC[C@]4(C)[C@H]3CC[C@]12C)C(C)C. The predicted octanol–water partition coefficient (Wildman–Crippen LogP) is 7.04. The van der Waals surface area contributed by atoms with Crippen LogP contribution in [0.2, 0.25) is 0 Å². The maximum absolute atomic E-state index is 13.2. The molecule has 4 aliphatic carbocycles. The third-order valence-electron chi connectivity index (χ3n) is 11.2. The van der Waals surface area contributed by atoms with Crippen molar-refractivity contribution in [2.75, 3.05) is 0 Å². The fraction of sp³-hybridized carbons (Fsp3) is 0.964. The van der Waals surface area contributed by atoms with Crippen molar-refractivity contribution >= 4 is 5.78 Å². The molecule has 4 fully saturated rings. The van der Waals surface area contributed by atoms with Gasteiger partial charge < -0.3 is 5.11 Å². The van der Waals surface area contributed by atoms with Gasteiger partial charge in [0, 0.05) is 12.3 Å². The second-order valence-electron chi connectivity index (χ2n) is 12.6. The van der Waals surface area contributed by atoms with Gasteiger partial charge >= 0.3 is 0 Å². The molecular formula is C28H48O2. The lowest BCUT2D eigenvalue weighted by molar-refractivity contribution is -0.155. The Morgan fingerprint density at radius 2 is 1.70 bits per heavy atom. The van der Waals surface area contributed by atoms with Gasteiger partial charge in [-0.3, -0.25) is 4.79 Å². The Bertz CT molecular complexity index is 626. The van der Waals surface area contributed by atoms with E-state index in [0.717, 1.165) is 37.5 Å². The maximum Gasteiger partial charge on any atom is 0.136 e.